The van der Waals surface area contributed by atoms with Gasteiger partial charge in [0.05, 0.1) is 0 Å². The van der Waals surface area contributed by atoms with Crippen molar-refractivity contribution >= 4 is 0 Å². The fourth-order valence-electron chi connectivity index (χ4n) is 2.59. The van der Waals surface area contributed by atoms with Gasteiger partial charge in [-0.3, -0.25) is 4.90 Å². The van der Waals surface area contributed by atoms with Gasteiger partial charge >= 0.3 is 0 Å². The zero-order valence-corrected chi connectivity index (χ0v) is 13.2. The minimum atomic E-state index is 0.469. The lowest BCUT2D eigenvalue weighted by Crippen LogP contribution is -2.39. The lowest BCUT2D eigenvalue weighted by atomic mass is 10.0. The molecule has 1 unspecified atom stereocenters. The molecule has 108 valence electrons. The van der Waals surface area contributed by atoms with Crippen LogP contribution in [0.15, 0.2) is 30.3 Å². The van der Waals surface area contributed by atoms with Gasteiger partial charge < -0.3 is 5.32 Å². The van der Waals surface area contributed by atoms with Crippen LogP contribution in [0.4, 0.5) is 0 Å². The average Bonchev–Trinajstić information content (AvgIpc) is 2.35. The summed E-state index contributed by atoms with van der Waals surface area (Å²) in [5.74, 6) is 1.39. The Kier molecular flexibility index (Phi) is 7.11. The first-order chi connectivity index (χ1) is 9.04. The van der Waals surface area contributed by atoms with E-state index >= 15 is 0 Å². The summed E-state index contributed by atoms with van der Waals surface area (Å²) in [6, 6.07) is 11.3. The third-order valence-corrected chi connectivity index (χ3v) is 3.22. The third-order valence-electron chi connectivity index (χ3n) is 3.22. The highest BCUT2D eigenvalue weighted by Gasteiger charge is 2.21. The van der Waals surface area contributed by atoms with E-state index in [1.54, 1.807) is 0 Å². The Morgan fingerprint density at radius 3 is 1.89 bits per heavy atom. The third kappa shape index (κ3) is 5.75. The minimum absolute atomic E-state index is 0.469. The molecule has 0 aliphatic rings. The molecule has 0 saturated heterocycles. The molecule has 0 fully saturated rings. The molecule has 0 amide bonds. The van der Waals surface area contributed by atoms with E-state index in [2.05, 4.69) is 68.2 Å². The number of rotatable bonds is 8. The van der Waals surface area contributed by atoms with E-state index < -0.39 is 0 Å². The molecule has 2 heteroatoms. The van der Waals surface area contributed by atoms with Crippen molar-refractivity contribution in [1.82, 2.24) is 10.2 Å². The summed E-state index contributed by atoms with van der Waals surface area (Å²) in [7, 11) is 2.04. The first-order valence-corrected chi connectivity index (χ1v) is 7.48. The molecule has 0 heterocycles. The molecule has 1 rings (SSSR count). The van der Waals surface area contributed by atoms with Crippen LogP contribution in [0.2, 0.25) is 0 Å². The summed E-state index contributed by atoms with van der Waals surface area (Å²) < 4.78 is 0. The van der Waals surface area contributed by atoms with Crippen LogP contribution in [-0.2, 0) is 0 Å². The smallest absolute Gasteiger partial charge is 0.0472 e. The molecular weight excluding hydrogens is 232 g/mol. The number of benzene rings is 1. The van der Waals surface area contributed by atoms with Crippen molar-refractivity contribution in [2.75, 3.05) is 26.7 Å². The van der Waals surface area contributed by atoms with Crippen molar-refractivity contribution in [1.29, 1.82) is 0 Å². The normalized spacial score (nSPS) is 13.5. The van der Waals surface area contributed by atoms with Gasteiger partial charge in [-0.05, 0) is 24.4 Å². The van der Waals surface area contributed by atoms with Gasteiger partial charge in [0.1, 0.15) is 0 Å². The van der Waals surface area contributed by atoms with Crippen molar-refractivity contribution in [2.24, 2.45) is 11.8 Å². The van der Waals surface area contributed by atoms with Crippen LogP contribution in [0.5, 0.6) is 0 Å². The summed E-state index contributed by atoms with van der Waals surface area (Å²) in [4.78, 5) is 2.63. The summed E-state index contributed by atoms with van der Waals surface area (Å²) in [5.41, 5.74) is 1.41. The molecule has 1 atom stereocenters. The highest BCUT2D eigenvalue weighted by Crippen LogP contribution is 2.22. The average molecular weight is 262 g/mol. The van der Waals surface area contributed by atoms with Crippen molar-refractivity contribution in [3.05, 3.63) is 35.9 Å². The first-order valence-electron chi connectivity index (χ1n) is 7.48. The standard InChI is InChI=1S/C17H30N2/c1-14(2)12-19(13-15(3)4)17(11-18-5)16-9-7-6-8-10-16/h6-10,14-15,17-18H,11-13H2,1-5H3. The van der Waals surface area contributed by atoms with Crippen LogP contribution in [0, 0.1) is 11.8 Å². The predicted molar refractivity (Wildman–Crippen MR) is 84.4 cm³/mol. The van der Waals surface area contributed by atoms with Crippen molar-refractivity contribution in [2.45, 2.75) is 33.7 Å². The maximum Gasteiger partial charge on any atom is 0.0472 e. The second kappa shape index (κ2) is 8.34. The van der Waals surface area contributed by atoms with Crippen LogP contribution in [0.25, 0.3) is 0 Å². The number of nitrogens with one attached hydrogen (secondary N) is 1. The fourth-order valence-corrected chi connectivity index (χ4v) is 2.59. The SMILES string of the molecule is CNCC(c1ccccc1)N(CC(C)C)CC(C)C. The van der Waals surface area contributed by atoms with E-state index in [0.717, 1.165) is 19.6 Å². The second-order valence-electron chi connectivity index (χ2n) is 6.23. The molecular formula is C17H30N2. The van der Waals surface area contributed by atoms with Crippen molar-refractivity contribution < 1.29 is 0 Å². The van der Waals surface area contributed by atoms with Gasteiger partial charge in [-0.25, -0.2) is 0 Å². The van der Waals surface area contributed by atoms with Gasteiger partial charge in [0.2, 0.25) is 0 Å². The molecule has 0 spiro atoms. The summed E-state index contributed by atoms with van der Waals surface area (Å²) >= 11 is 0. The maximum absolute atomic E-state index is 3.35. The van der Waals surface area contributed by atoms with Crippen LogP contribution in [0.3, 0.4) is 0 Å². The fraction of sp³-hybridized carbons (Fsp3) is 0.647. The summed E-state index contributed by atoms with van der Waals surface area (Å²) in [6.45, 7) is 12.5. The van der Waals surface area contributed by atoms with Gasteiger partial charge in [0.25, 0.3) is 0 Å². The van der Waals surface area contributed by atoms with Crippen LogP contribution in [0.1, 0.15) is 39.3 Å². The Morgan fingerprint density at radius 2 is 1.47 bits per heavy atom. The van der Waals surface area contributed by atoms with Gasteiger partial charge in [0, 0.05) is 25.7 Å². The molecule has 0 aliphatic carbocycles. The second-order valence-corrected chi connectivity index (χ2v) is 6.23. The number of hydrogen-bond acceptors (Lipinski definition) is 2. The minimum Gasteiger partial charge on any atom is -0.318 e. The Morgan fingerprint density at radius 1 is 0.947 bits per heavy atom. The molecule has 0 bridgehead atoms. The van der Waals surface area contributed by atoms with Gasteiger partial charge in [-0.1, -0.05) is 58.0 Å². The molecule has 0 saturated carbocycles. The molecule has 1 aromatic carbocycles. The van der Waals surface area contributed by atoms with E-state index in [0.29, 0.717) is 17.9 Å². The van der Waals surface area contributed by atoms with Gasteiger partial charge in [0.15, 0.2) is 0 Å². The van der Waals surface area contributed by atoms with E-state index in [1.807, 2.05) is 7.05 Å². The largest absolute Gasteiger partial charge is 0.318 e. The van der Waals surface area contributed by atoms with Crippen LogP contribution >= 0.6 is 0 Å². The van der Waals surface area contributed by atoms with E-state index in [1.165, 1.54) is 5.56 Å². The Labute approximate surface area is 119 Å². The lowest BCUT2D eigenvalue weighted by Gasteiger charge is -2.34. The molecule has 1 aromatic rings. The number of likely N-dealkylation sites (N-methyl/N-ethyl adjacent to an activating group) is 1. The predicted octanol–water partition coefficient (Wildman–Crippen LogP) is 3.56. The van der Waals surface area contributed by atoms with Crippen molar-refractivity contribution in [3.63, 3.8) is 0 Å². The molecule has 0 aromatic heterocycles. The highest BCUT2D eigenvalue weighted by atomic mass is 15.2. The number of nitrogens with zero attached hydrogens (tertiary/aromatic N) is 1. The first kappa shape index (κ1) is 16.2. The van der Waals surface area contributed by atoms with Gasteiger partial charge in [-0.2, -0.15) is 0 Å². The maximum atomic E-state index is 3.35. The Bertz CT molecular complexity index is 322. The monoisotopic (exact) mass is 262 g/mol. The Balaban J connectivity index is 2.90. The zero-order chi connectivity index (χ0) is 14.3. The van der Waals surface area contributed by atoms with Gasteiger partial charge in [-0.15, -0.1) is 0 Å². The number of hydrogen-bond donors (Lipinski definition) is 1. The molecule has 2 nitrogen and oxygen atoms in total. The van der Waals surface area contributed by atoms with E-state index in [4.69, 9.17) is 0 Å². The zero-order valence-electron chi connectivity index (χ0n) is 13.2. The van der Waals surface area contributed by atoms with Crippen LogP contribution < -0.4 is 5.32 Å². The molecule has 1 N–H and O–H groups in total. The summed E-state index contributed by atoms with van der Waals surface area (Å²) in [5, 5.41) is 3.35. The Hall–Kier alpha value is -0.860. The van der Waals surface area contributed by atoms with Crippen LogP contribution in [-0.4, -0.2) is 31.6 Å². The molecule has 0 aliphatic heterocycles. The highest BCUT2D eigenvalue weighted by molar-refractivity contribution is 5.19. The summed E-state index contributed by atoms with van der Waals surface area (Å²) in [6.07, 6.45) is 0. The van der Waals surface area contributed by atoms with E-state index in [9.17, 15) is 0 Å². The van der Waals surface area contributed by atoms with E-state index in [-0.39, 0.29) is 0 Å². The topological polar surface area (TPSA) is 15.3 Å². The lowest BCUT2D eigenvalue weighted by molar-refractivity contribution is 0.155. The quantitative estimate of drug-likeness (QED) is 0.770. The van der Waals surface area contributed by atoms with Crippen molar-refractivity contribution in [3.8, 4) is 0 Å². The molecule has 0 radical (unpaired) electrons. The molecule has 19 heavy (non-hydrogen) atoms.